The Bertz CT molecular complexity index is 789. The van der Waals surface area contributed by atoms with Crippen molar-refractivity contribution >= 4 is 23.3 Å². The van der Waals surface area contributed by atoms with Crippen LogP contribution in [0.25, 0.3) is 11.0 Å². The van der Waals surface area contributed by atoms with Crippen molar-refractivity contribution in [3.63, 3.8) is 0 Å². The van der Waals surface area contributed by atoms with Crippen LogP contribution in [0.4, 0.5) is 0 Å². The van der Waals surface area contributed by atoms with Gasteiger partial charge in [0, 0.05) is 6.54 Å². The Morgan fingerprint density at radius 3 is 2.76 bits per heavy atom. The first kappa shape index (κ1) is 13.9. The van der Waals surface area contributed by atoms with Gasteiger partial charge < -0.3 is 14.3 Å². The highest BCUT2D eigenvalue weighted by molar-refractivity contribution is 7.71. The number of nitrogens with one attached hydrogen (secondary N) is 1. The fraction of sp³-hybridized carbons (Fsp3) is 0.235. The highest BCUT2D eigenvalue weighted by Gasteiger charge is 2.04. The van der Waals surface area contributed by atoms with E-state index in [1.54, 1.807) is 0 Å². The molecular weight excluding hydrogens is 280 g/mol. The van der Waals surface area contributed by atoms with Gasteiger partial charge in [0.05, 0.1) is 17.6 Å². The molecule has 3 rings (SSSR count). The van der Waals surface area contributed by atoms with E-state index < -0.39 is 0 Å². The lowest BCUT2D eigenvalue weighted by atomic mass is 10.2. The molecule has 0 aliphatic rings. The van der Waals surface area contributed by atoms with Crippen LogP contribution >= 0.6 is 12.2 Å². The van der Waals surface area contributed by atoms with E-state index in [0.717, 1.165) is 34.5 Å². The van der Waals surface area contributed by atoms with Gasteiger partial charge >= 0.3 is 0 Å². The number of fused-ring (bicyclic) bond motifs is 1. The molecule has 0 fully saturated rings. The summed E-state index contributed by atoms with van der Waals surface area (Å²) < 4.78 is 8.63. The van der Waals surface area contributed by atoms with Crippen molar-refractivity contribution in [3.8, 4) is 5.75 Å². The van der Waals surface area contributed by atoms with Gasteiger partial charge in [-0.1, -0.05) is 24.3 Å². The third-order valence-electron chi connectivity index (χ3n) is 3.47. The average Bonchev–Trinajstić information content (AvgIpc) is 2.79. The normalized spacial score (nSPS) is 10.9. The molecule has 4 heteroatoms. The van der Waals surface area contributed by atoms with Gasteiger partial charge in [-0.2, -0.15) is 0 Å². The molecule has 0 bridgehead atoms. The van der Waals surface area contributed by atoms with Crippen molar-refractivity contribution in [2.24, 2.45) is 0 Å². The molecule has 1 heterocycles. The van der Waals surface area contributed by atoms with Crippen molar-refractivity contribution in [2.75, 3.05) is 6.61 Å². The van der Waals surface area contributed by atoms with Gasteiger partial charge in [-0.3, -0.25) is 0 Å². The molecule has 0 spiro atoms. The molecule has 0 radical (unpaired) electrons. The molecule has 0 aliphatic heterocycles. The van der Waals surface area contributed by atoms with Crippen LogP contribution in [-0.2, 0) is 6.54 Å². The Labute approximate surface area is 129 Å². The van der Waals surface area contributed by atoms with Crippen molar-refractivity contribution in [3.05, 3.63) is 58.9 Å². The van der Waals surface area contributed by atoms with Crippen molar-refractivity contribution in [1.82, 2.24) is 9.55 Å². The van der Waals surface area contributed by atoms with Crippen LogP contribution in [0, 0.1) is 11.7 Å². The lowest BCUT2D eigenvalue weighted by Crippen LogP contribution is -2.04. The molecule has 0 aliphatic carbocycles. The number of aromatic nitrogens is 2. The molecule has 0 unspecified atom stereocenters. The van der Waals surface area contributed by atoms with Gasteiger partial charge in [0.15, 0.2) is 4.77 Å². The standard InChI is InChI=1S/C17H18N2OS/c1-13-8-9-16-15(12-13)18-17(21)19(16)10-5-11-20-14-6-3-2-4-7-14/h2-4,6-9,12H,5,10-11H2,1H3,(H,18,21). The molecule has 21 heavy (non-hydrogen) atoms. The number of imidazole rings is 1. The summed E-state index contributed by atoms with van der Waals surface area (Å²) in [5.41, 5.74) is 3.49. The maximum absolute atomic E-state index is 5.72. The zero-order valence-electron chi connectivity index (χ0n) is 12.0. The summed E-state index contributed by atoms with van der Waals surface area (Å²) >= 11 is 5.41. The summed E-state index contributed by atoms with van der Waals surface area (Å²) in [5, 5.41) is 0. The predicted molar refractivity (Wildman–Crippen MR) is 88.4 cm³/mol. The predicted octanol–water partition coefficient (Wildman–Crippen LogP) is 4.48. The van der Waals surface area contributed by atoms with Gasteiger partial charge in [-0.05, 0) is 55.4 Å². The lowest BCUT2D eigenvalue weighted by molar-refractivity contribution is 0.302. The number of nitrogens with zero attached hydrogens (tertiary/aromatic N) is 1. The van der Waals surface area contributed by atoms with Crippen LogP contribution in [0.15, 0.2) is 48.5 Å². The summed E-state index contributed by atoms with van der Waals surface area (Å²) in [6, 6.07) is 16.3. The number of benzene rings is 2. The van der Waals surface area contributed by atoms with E-state index in [0.29, 0.717) is 6.61 Å². The van der Waals surface area contributed by atoms with Gasteiger partial charge in [-0.15, -0.1) is 0 Å². The van der Waals surface area contributed by atoms with E-state index in [-0.39, 0.29) is 0 Å². The molecular formula is C17H18N2OS. The maximum Gasteiger partial charge on any atom is 0.178 e. The second-order valence-corrected chi connectivity index (χ2v) is 5.50. The third kappa shape index (κ3) is 3.16. The fourth-order valence-corrected chi connectivity index (χ4v) is 2.73. The monoisotopic (exact) mass is 298 g/mol. The van der Waals surface area contributed by atoms with E-state index in [9.17, 15) is 0 Å². The largest absolute Gasteiger partial charge is 0.494 e. The zero-order valence-corrected chi connectivity index (χ0v) is 12.8. The topological polar surface area (TPSA) is 29.9 Å². The van der Waals surface area contributed by atoms with Crippen LogP contribution in [0.3, 0.4) is 0 Å². The van der Waals surface area contributed by atoms with E-state index in [1.807, 2.05) is 30.3 Å². The number of para-hydroxylation sites is 1. The minimum Gasteiger partial charge on any atom is -0.494 e. The fourth-order valence-electron chi connectivity index (χ4n) is 2.43. The molecule has 1 aromatic heterocycles. The molecule has 2 aromatic carbocycles. The molecule has 3 nitrogen and oxygen atoms in total. The minimum atomic E-state index is 0.685. The first-order chi connectivity index (χ1) is 10.2. The summed E-state index contributed by atoms with van der Waals surface area (Å²) in [6.45, 7) is 3.63. The highest BCUT2D eigenvalue weighted by atomic mass is 32.1. The Morgan fingerprint density at radius 2 is 1.95 bits per heavy atom. The average molecular weight is 298 g/mol. The van der Waals surface area contributed by atoms with E-state index in [2.05, 4.69) is 34.7 Å². The molecule has 0 saturated carbocycles. The summed E-state index contributed by atoms with van der Waals surface area (Å²) in [4.78, 5) is 3.26. The summed E-state index contributed by atoms with van der Waals surface area (Å²) in [6.07, 6.45) is 0.921. The minimum absolute atomic E-state index is 0.685. The van der Waals surface area contributed by atoms with Crippen molar-refractivity contribution < 1.29 is 4.74 Å². The maximum atomic E-state index is 5.72. The van der Waals surface area contributed by atoms with Crippen LogP contribution in [0.5, 0.6) is 5.75 Å². The Morgan fingerprint density at radius 1 is 1.14 bits per heavy atom. The van der Waals surface area contributed by atoms with Gasteiger partial charge in [-0.25, -0.2) is 0 Å². The number of H-pyrrole nitrogens is 1. The molecule has 0 atom stereocenters. The van der Waals surface area contributed by atoms with E-state index in [1.165, 1.54) is 5.56 Å². The van der Waals surface area contributed by atoms with Gasteiger partial charge in [0.1, 0.15) is 5.75 Å². The summed E-state index contributed by atoms with van der Waals surface area (Å²) in [7, 11) is 0. The number of rotatable bonds is 5. The van der Waals surface area contributed by atoms with Gasteiger partial charge in [0.25, 0.3) is 0 Å². The molecule has 0 amide bonds. The van der Waals surface area contributed by atoms with Crippen molar-refractivity contribution in [2.45, 2.75) is 19.9 Å². The quantitative estimate of drug-likeness (QED) is 0.556. The highest BCUT2D eigenvalue weighted by Crippen LogP contribution is 2.16. The SMILES string of the molecule is Cc1ccc2c(c1)[nH]c(=S)n2CCCOc1ccccc1. The van der Waals surface area contributed by atoms with Crippen LogP contribution in [-0.4, -0.2) is 16.2 Å². The molecule has 108 valence electrons. The number of aryl methyl sites for hydroxylation is 2. The second kappa shape index (κ2) is 6.14. The van der Waals surface area contributed by atoms with Crippen molar-refractivity contribution in [1.29, 1.82) is 0 Å². The number of ether oxygens (including phenoxy) is 1. The van der Waals surface area contributed by atoms with Crippen LogP contribution in [0.2, 0.25) is 0 Å². The molecule has 3 aromatic rings. The Balaban J connectivity index is 1.66. The smallest absolute Gasteiger partial charge is 0.178 e. The van der Waals surface area contributed by atoms with Crippen LogP contribution < -0.4 is 4.74 Å². The van der Waals surface area contributed by atoms with Crippen LogP contribution in [0.1, 0.15) is 12.0 Å². The number of hydrogen-bond donors (Lipinski definition) is 1. The first-order valence-corrected chi connectivity index (χ1v) is 7.52. The van der Waals surface area contributed by atoms with E-state index >= 15 is 0 Å². The number of aromatic amines is 1. The Kier molecular flexibility index (Phi) is 4.06. The molecule has 0 saturated heterocycles. The second-order valence-electron chi connectivity index (χ2n) is 5.12. The Hall–Kier alpha value is -2.07. The zero-order chi connectivity index (χ0) is 14.7. The van der Waals surface area contributed by atoms with Gasteiger partial charge in [0.2, 0.25) is 0 Å². The lowest BCUT2D eigenvalue weighted by Gasteiger charge is -2.07. The number of hydrogen-bond acceptors (Lipinski definition) is 2. The summed E-state index contributed by atoms with van der Waals surface area (Å²) in [5.74, 6) is 0.913. The molecule has 1 N–H and O–H groups in total. The third-order valence-corrected chi connectivity index (χ3v) is 3.79. The first-order valence-electron chi connectivity index (χ1n) is 7.11. The van der Waals surface area contributed by atoms with E-state index in [4.69, 9.17) is 17.0 Å².